The average molecular weight is 456 g/mol. The summed E-state index contributed by atoms with van der Waals surface area (Å²) >= 11 is 0. The topological polar surface area (TPSA) is 20.2 Å². The van der Waals surface area contributed by atoms with Gasteiger partial charge in [0.25, 0.3) is 0 Å². The van der Waals surface area contributed by atoms with Crippen LogP contribution in [0, 0.1) is 5.92 Å². The van der Waals surface area contributed by atoms with Crippen molar-refractivity contribution in [3.63, 3.8) is 0 Å². The lowest BCUT2D eigenvalue weighted by Crippen LogP contribution is -3.00. The number of quaternary nitrogens is 2. The Labute approximate surface area is 164 Å². The van der Waals surface area contributed by atoms with Crippen molar-refractivity contribution in [2.45, 2.75) is 57.5 Å². The van der Waals surface area contributed by atoms with Crippen LogP contribution in [0.15, 0.2) is 0 Å². The van der Waals surface area contributed by atoms with E-state index in [4.69, 9.17) is 0 Å². The third-order valence-corrected chi connectivity index (χ3v) is 6.79. The maximum Gasteiger partial charge on any atom is 0.106 e. The first-order chi connectivity index (χ1) is 10.1. The number of rotatable bonds is 6. The van der Waals surface area contributed by atoms with E-state index in [0.29, 0.717) is 5.92 Å². The van der Waals surface area contributed by atoms with E-state index < -0.39 is 0 Å². The van der Waals surface area contributed by atoms with E-state index in [1.54, 1.807) is 0 Å². The van der Waals surface area contributed by atoms with Crippen LogP contribution in [-0.4, -0.2) is 73.0 Å². The number of aliphatic hydroxyl groups is 1. The molecule has 1 atom stereocenters. The fraction of sp³-hybridized carbons (Fsp3) is 1.00. The van der Waals surface area contributed by atoms with Gasteiger partial charge in [-0.2, -0.15) is 0 Å². The maximum absolute atomic E-state index is 10.2. The normalized spacial score (nSPS) is 35.2. The van der Waals surface area contributed by atoms with Gasteiger partial charge in [0.1, 0.15) is 12.6 Å². The molecule has 0 radical (unpaired) electrons. The molecule has 4 heterocycles. The molecule has 0 aromatic rings. The monoisotopic (exact) mass is 454 g/mol. The molecule has 5 heteroatoms. The third-order valence-electron chi connectivity index (χ3n) is 6.79. The van der Waals surface area contributed by atoms with Crippen molar-refractivity contribution < 1.29 is 48.0 Å². The number of piperidine rings is 4. The number of halogens is 2. The highest BCUT2D eigenvalue weighted by atomic mass is 79.9. The fourth-order valence-corrected chi connectivity index (χ4v) is 5.18. The van der Waals surface area contributed by atoms with Gasteiger partial charge in [-0.15, -0.1) is 0 Å². The molecule has 4 rings (SSSR count). The van der Waals surface area contributed by atoms with Gasteiger partial charge in [0.2, 0.25) is 0 Å². The molecule has 4 fully saturated rings. The lowest BCUT2D eigenvalue weighted by atomic mass is 9.83. The summed E-state index contributed by atoms with van der Waals surface area (Å²) in [7, 11) is 2.46. The average Bonchev–Trinajstić information content (AvgIpc) is 2.48. The zero-order chi connectivity index (χ0) is 14.8. The largest absolute Gasteiger partial charge is 1.00 e. The van der Waals surface area contributed by atoms with Gasteiger partial charge in [0, 0.05) is 18.8 Å². The van der Waals surface area contributed by atoms with Crippen LogP contribution in [-0.2, 0) is 0 Å². The molecule has 4 saturated heterocycles. The van der Waals surface area contributed by atoms with E-state index in [2.05, 4.69) is 7.05 Å². The number of fused-ring (bicyclic) bond motifs is 3. The van der Waals surface area contributed by atoms with Crippen molar-refractivity contribution in [3.05, 3.63) is 0 Å². The van der Waals surface area contributed by atoms with Gasteiger partial charge in [0.05, 0.1) is 46.3 Å². The summed E-state index contributed by atoms with van der Waals surface area (Å²) in [4.78, 5) is 0. The molecule has 0 saturated carbocycles. The second kappa shape index (κ2) is 9.51. The molecule has 4 aliphatic rings. The van der Waals surface area contributed by atoms with Crippen molar-refractivity contribution in [2.75, 3.05) is 52.9 Å². The Morgan fingerprint density at radius 1 is 0.826 bits per heavy atom. The first-order valence-corrected chi connectivity index (χ1v) is 9.48. The summed E-state index contributed by atoms with van der Waals surface area (Å²) in [5, 5.41) is 10.2. The SMILES string of the molecule is C[N+]1(CCCCC[N+]23CCC(CC2)C(O)C3)CCCCC1.[Br-].[Br-]. The molecule has 138 valence electrons. The van der Waals surface area contributed by atoms with Crippen LogP contribution in [0.1, 0.15) is 51.4 Å². The van der Waals surface area contributed by atoms with E-state index in [0.717, 1.165) is 6.54 Å². The van der Waals surface area contributed by atoms with Crippen LogP contribution in [0.2, 0.25) is 0 Å². The van der Waals surface area contributed by atoms with Crippen LogP contribution in [0.4, 0.5) is 0 Å². The van der Waals surface area contributed by atoms with E-state index in [9.17, 15) is 5.11 Å². The van der Waals surface area contributed by atoms with Crippen LogP contribution in [0.25, 0.3) is 0 Å². The fourth-order valence-electron chi connectivity index (χ4n) is 5.18. The molecule has 0 spiro atoms. The Kier molecular flexibility index (Phi) is 9.05. The summed E-state index contributed by atoms with van der Waals surface area (Å²) in [6, 6.07) is 0. The summed E-state index contributed by atoms with van der Waals surface area (Å²) in [5.74, 6) is 0.633. The highest BCUT2D eigenvalue weighted by Gasteiger charge is 2.44. The number of nitrogens with zero attached hydrogens (tertiary/aromatic N) is 2. The first-order valence-electron chi connectivity index (χ1n) is 9.48. The molecule has 4 aliphatic heterocycles. The number of unbranched alkanes of at least 4 members (excludes halogenated alkanes) is 2. The van der Waals surface area contributed by atoms with Crippen LogP contribution >= 0.6 is 0 Å². The third kappa shape index (κ3) is 5.67. The number of likely N-dealkylation sites (tertiary alicyclic amines) is 1. The first kappa shape index (κ1) is 21.9. The lowest BCUT2D eigenvalue weighted by Gasteiger charge is -2.51. The molecule has 2 bridgehead atoms. The lowest BCUT2D eigenvalue weighted by molar-refractivity contribution is -0.946. The van der Waals surface area contributed by atoms with Crippen molar-refractivity contribution >= 4 is 0 Å². The second-order valence-corrected chi connectivity index (χ2v) is 8.51. The van der Waals surface area contributed by atoms with Gasteiger partial charge in [-0.1, -0.05) is 0 Å². The second-order valence-electron chi connectivity index (χ2n) is 8.51. The highest BCUT2D eigenvalue weighted by Crippen LogP contribution is 2.34. The van der Waals surface area contributed by atoms with Crippen molar-refractivity contribution in [1.82, 2.24) is 0 Å². The number of aliphatic hydroxyl groups excluding tert-OH is 1. The minimum absolute atomic E-state index is 0. The molecule has 0 aromatic heterocycles. The van der Waals surface area contributed by atoms with Gasteiger partial charge in [-0.05, 0) is 38.5 Å². The maximum atomic E-state index is 10.2. The molecule has 1 unspecified atom stereocenters. The van der Waals surface area contributed by atoms with Gasteiger partial charge in [-0.25, -0.2) is 0 Å². The van der Waals surface area contributed by atoms with Crippen LogP contribution < -0.4 is 34.0 Å². The quantitative estimate of drug-likeness (QED) is 0.324. The molecular formula is C18H36Br2N2O. The zero-order valence-corrected chi connectivity index (χ0v) is 18.0. The van der Waals surface area contributed by atoms with Crippen LogP contribution in [0.5, 0.6) is 0 Å². The molecular weight excluding hydrogens is 420 g/mol. The number of hydrogen-bond acceptors (Lipinski definition) is 1. The van der Waals surface area contributed by atoms with E-state index in [1.165, 1.54) is 99.6 Å². The van der Waals surface area contributed by atoms with Gasteiger partial charge in [-0.3, -0.25) is 0 Å². The molecule has 0 amide bonds. The van der Waals surface area contributed by atoms with Gasteiger partial charge >= 0.3 is 0 Å². The number of hydrogen-bond donors (Lipinski definition) is 1. The van der Waals surface area contributed by atoms with E-state index in [-0.39, 0.29) is 40.1 Å². The summed E-state index contributed by atoms with van der Waals surface area (Å²) in [6.45, 7) is 9.28. The Morgan fingerprint density at radius 3 is 2.04 bits per heavy atom. The summed E-state index contributed by atoms with van der Waals surface area (Å²) < 4.78 is 2.57. The summed E-state index contributed by atoms with van der Waals surface area (Å²) in [6.07, 6.45) is 11.1. The Bertz CT molecular complexity index is 340. The van der Waals surface area contributed by atoms with Crippen LogP contribution in [0.3, 0.4) is 0 Å². The zero-order valence-electron chi connectivity index (χ0n) is 14.9. The van der Waals surface area contributed by atoms with E-state index in [1.807, 2.05) is 0 Å². The van der Waals surface area contributed by atoms with E-state index >= 15 is 0 Å². The molecule has 0 aromatic carbocycles. The molecule has 0 aliphatic carbocycles. The highest BCUT2D eigenvalue weighted by molar-refractivity contribution is 4.79. The van der Waals surface area contributed by atoms with Gasteiger partial charge < -0.3 is 48.0 Å². The minimum Gasteiger partial charge on any atom is -1.00 e. The Hall–Kier alpha value is 0.840. The Balaban J connectivity index is 0.00000132. The minimum atomic E-state index is 0. The standard InChI is InChI=1S/C18H36N2O.2BrH/c1-19(10-4-2-5-11-19)12-6-3-7-13-20-14-8-17(9-15-20)18(21)16-20;;/h17-18,21H,2-16H2,1H3;2*1H/q+2;;/p-2. The van der Waals surface area contributed by atoms with Crippen molar-refractivity contribution in [1.29, 1.82) is 0 Å². The summed E-state index contributed by atoms with van der Waals surface area (Å²) in [5.41, 5.74) is 0. The van der Waals surface area contributed by atoms with Crippen molar-refractivity contribution in [2.24, 2.45) is 5.92 Å². The molecule has 23 heavy (non-hydrogen) atoms. The predicted molar refractivity (Wildman–Crippen MR) is 86.9 cm³/mol. The smallest absolute Gasteiger partial charge is 0.106 e. The molecule has 1 N–H and O–H groups in total. The predicted octanol–water partition coefficient (Wildman–Crippen LogP) is -3.60. The van der Waals surface area contributed by atoms with Crippen molar-refractivity contribution in [3.8, 4) is 0 Å². The van der Waals surface area contributed by atoms with Gasteiger partial charge in [0.15, 0.2) is 0 Å². The molecule has 3 nitrogen and oxygen atoms in total. The Morgan fingerprint density at radius 2 is 1.43 bits per heavy atom.